The van der Waals surface area contributed by atoms with Crippen molar-refractivity contribution in [2.75, 3.05) is 13.7 Å². The molecule has 0 N–H and O–H groups in total. The fraction of sp³-hybridized carbons (Fsp3) is 0.950. The van der Waals surface area contributed by atoms with Crippen LogP contribution in [0.1, 0.15) is 80.1 Å². The first kappa shape index (κ1) is 19.6. The van der Waals surface area contributed by atoms with Gasteiger partial charge in [-0.3, -0.25) is 0 Å². The van der Waals surface area contributed by atoms with Crippen LogP contribution >= 0.6 is 0 Å². The van der Waals surface area contributed by atoms with Gasteiger partial charge >= 0.3 is 6.09 Å². The minimum absolute atomic E-state index is 0.0126. The fourth-order valence-corrected chi connectivity index (χ4v) is 4.11. The van der Waals surface area contributed by atoms with E-state index >= 15 is 0 Å². The summed E-state index contributed by atoms with van der Waals surface area (Å²) in [7, 11) is 1.84. The first-order valence-electron chi connectivity index (χ1n) is 9.58. The number of carbonyl (C=O) groups is 1. The van der Waals surface area contributed by atoms with E-state index in [0.29, 0.717) is 12.0 Å². The average Bonchev–Trinajstić information content (AvgIpc) is 2.89. The molecule has 1 atom stereocenters. The number of nitrogens with zero attached hydrogens (tertiary/aromatic N) is 1. The van der Waals surface area contributed by atoms with Crippen LogP contribution in [0.25, 0.3) is 0 Å². The topological polar surface area (TPSA) is 38.8 Å². The summed E-state index contributed by atoms with van der Waals surface area (Å²) in [6, 6.07) is 0.135. The number of ether oxygens (including phenoxy) is 2. The molecule has 1 aliphatic carbocycles. The molecule has 0 aromatic carbocycles. The highest BCUT2D eigenvalue weighted by Gasteiger charge is 2.47. The number of carbonyl (C=O) groups excluding carboxylic acids is 1. The van der Waals surface area contributed by atoms with Crippen molar-refractivity contribution in [1.82, 2.24) is 4.90 Å². The Morgan fingerprint density at radius 3 is 2.29 bits per heavy atom. The Kier molecular flexibility index (Phi) is 5.59. The van der Waals surface area contributed by atoms with Gasteiger partial charge in [0, 0.05) is 7.05 Å². The molecule has 1 saturated heterocycles. The number of likely N-dealkylation sites (N-methyl/N-ethyl adjacent to an activating group) is 1. The van der Waals surface area contributed by atoms with Gasteiger partial charge in [0.2, 0.25) is 0 Å². The number of hydrogen-bond acceptors (Lipinski definition) is 3. The molecule has 0 radical (unpaired) electrons. The third-order valence-electron chi connectivity index (χ3n) is 6.33. The highest BCUT2D eigenvalue weighted by Crippen LogP contribution is 2.48. The molecule has 1 saturated carbocycles. The lowest BCUT2D eigenvalue weighted by Gasteiger charge is -2.43. The van der Waals surface area contributed by atoms with E-state index in [-0.39, 0.29) is 17.7 Å². The minimum Gasteiger partial charge on any atom is -0.444 e. The SMILES string of the molecule is CCC(C)(C)C1CCC2(CC1)C[C@@H](N(C)C(=O)OC(C)(C)C)CO2. The zero-order valence-corrected chi connectivity index (χ0v) is 16.8. The van der Waals surface area contributed by atoms with E-state index in [1.54, 1.807) is 4.90 Å². The predicted molar refractivity (Wildman–Crippen MR) is 97.1 cm³/mol. The summed E-state index contributed by atoms with van der Waals surface area (Å²) in [5, 5.41) is 0. The van der Waals surface area contributed by atoms with Crippen LogP contribution in [0.3, 0.4) is 0 Å². The summed E-state index contributed by atoms with van der Waals surface area (Å²) >= 11 is 0. The van der Waals surface area contributed by atoms with Crippen molar-refractivity contribution in [1.29, 1.82) is 0 Å². The van der Waals surface area contributed by atoms with Gasteiger partial charge < -0.3 is 14.4 Å². The Labute approximate surface area is 148 Å². The minimum atomic E-state index is -0.452. The second-order valence-electron chi connectivity index (χ2n) is 9.56. The third-order valence-corrected chi connectivity index (χ3v) is 6.33. The van der Waals surface area contributed by atoms with Gasteiger partial charge in [-0.05, 0) is 64.2 Å². The molecule has 0 unspecified atom stereocenters. The molecule has 4 heteroatoms. The fourth-order valence-electron chi connectivity index (χ4n) is 4.11. The van der Waals surface area contributed by atoms with Crippen LogP contribution in [0.15, 0.2) is 0 Å². The molecule has 1 heterocycles. The van der Waals surface area contributed by atoms with Crippen LogP contribution in [0, 0.1) is 11.3 Å². The summed E-state index contributed by atoms with van der Waals surface area (Å²) in [5.41, 5.74) is -0.0412. The Balaban J connectivity index is 1.90. The second-order valence-corrected chi connectivity index (χ2v) is 9.56. The van der Waals surface area contributed by atoms with Gasteiger partial charge in [0.05, 0.1) is 18.2 Å². The molecule has 1 spiro atoms. The van der Waals surface area contributed by atoms with Gasteiger partial charge in [-0.2, -0.15) is 0 Å². The van der Waals surface area contributed by atoms with E-state index in [2.05, 4.69) is 20.8 Å². The van der Waals surface area contributed by atoms with Crippen LogP contribution in [0.2, 0.25) is 0 Å². The third kappa shape index (κ3) is 4.44. The zero-order chi connectivity index (χ0) is 18.2. The van der Waals surface area contributed by atoms with Crippen LogP contribution < -0.4 is 0 Å². The molecule has 0 aromatic rings. The van der Waals surface area contributed by atoms with Crippen LogP contribution in [0.5, 0.6) is 0 Å². The average molecular weight is 340 g/mol. The Bertz CT molecular complexity index is 444. The molecule has 2 aliphatic rings. The lowest BCUT2D eigenvalue weighted by molar-refractivity contribution is -0.0491. The van der Waals surface area contributed by atoms with Crippen molar-refractivity contribution < 1.29 is 14.3 Å². The van der Waals surface area contributed by atoms with E-state index < -0.39 is 5.60 Å². The van der Waals surface area contributed by atoms with Gasteiger partial charge in [-0.25, -0.2) is 4.79 Å². The number of hydrogen-bond donors (Lipinski definition) is 0. The number of rotatable bonds is 3. The van der Waals surface area contributed by atoms with E-state index in [4.69, 9.17) is 9.47 Å². The molecule has 24 heavy (non-hydrogen) atoms. The van der Waals surface area contributed by atoms with Crippen molar-refractivity contribution >= 4 is 6.09 Å². The summed E-state index contributed by atoms with van der Waals surface area (Å²) in [6.45, 7) is 13.4. The van der Waals surface area contributed by atoms with Crippen LogP contribution in [0.4, 0.5) is 4.79 Å². The second kappa shape index (κ2) is 6.86. The van der Waals surface area contributed by atoms with E-state index in [1.165, 1.54) is 19.3 Å². The molecule has 0 bridgehead atoms. The lowest BCUT2D eigenvalue weighted by atomic mass is 9.66. The Hall–Kier alpha value is -0.770. The van der Waals surface area contributed by atoms with Crippen LogP contribution in [-0.2, 0) is 9.47 Å². The van der Waals surface area contributed by atoms with E-state index in [9.17, 15) is 4.79 Å². The Morgan fingerprint density at radius 2 is 1.79 bits per heavy atom. The van der Waals surface area contributed by atoms with Crippen molar-refractivity contribution in [2.45, 2.75) is 97.3 Å². The predicted octanol–water partition coefficient (Wildman–Crippen LogP) is 5.01. The first-order valence-corrected chi connectivity index (χ1v) is 9.58. The van der Waals surface area contributed by atoms with Crippen LogP contribution in [-0.4, -0.2) is 41.9 Å². The van der Waals surface area contributed by atoms with Gasteiger partial charge in [0.1, 0.15) is 5.60 Å². The zero-order valence-electron chi connectivity index (χ0n) is 16.8. The molecule has 140 valence electrons. The first-order chi connectivity index (χ1) is 11.0. The standard InChI is InChI=1S/C20H37NO3/c1-8-19(5,6)15-9-11-20(12-10-15)13-16(14-23-20)21(7)17(22)24-18(2,3)4/h15-16H,8-14H2,1-7H3/t15?,16-,20?/m1/s1. The molecule has 2 rings (SSSR count). The monoisotopic (exact) mass is 339 g/mol. The van der Waals surface area contributed by atoms with E-state index in [0.717, 1.165) is 25.2 Å². The quantitative estimate of drug-likeness (QED) is 0.725. The maximum absolute atomic E-state index is 12.3. The summed E-state index contributed by atoms with van der Waals surface area (Å²) in [5.74, 6) is 0.791. The summed E-state index contributed by atoms with van der Waals surface area (Å²) in [6.07, 6.45) is 6.67. The Morgan fingerprint density at radius 1 is 1.21 bits per heavy atom. The summed E-state index contributed by atoms with van der Waals surface area (Å²) in [4.78, 5) is 14.0. The molecule has 1 aliphatic heterocycles. The molecule has 4 nitrogen and oxygen atoms in total. The molecule has 1 amide bonds. The van der Waals surface area contributed by atoms with Crippen molar-refractivity contribution in [3.8, 4) is 0 Å². The highest BCUT2D eigenvalue weighted by atomic mass is 16.6. The molecular formula is C20H37NO3. The van der Waals surface area contributed by atoms with Crippen molar-refractivity contribution in [2.24, 2.45) is 11.3 Å². The normalized spacial score (nSPS) is 31.3. The maximum Gasteiger partial charge on any atom is 0.410 e. The summed E-state index contributed by atoms with van der Waals surface area (Å²) < 4.78 is 11.7. The molecule has 2 fully saturated rings. The largest absolute Gasteiger partial charge is 0.444 e. The van der Waals surface area contributed by atoms with Gasteiger partial charge in [-0.15, -0.1) is 0 Å². The molecule has 0 aromatic heterocycles. The van der Waals surface area contributed by atoms with Gasteiger partial charge in [0.25, 0.3) is 0 Å². The van der Waals surface area contributed by atoms with Gasteiger partial charge in [0.15, 0.2) is 0 Å². The highest BCUT2D eigenvalue weighted by molar-refractivity contribution is 5.68. The lowest BCUT2D eigenvalue weighted by Crippen LogP contribution is -2.42. The van der Waals surface area contributed by atoms with Crippen molar-refractivity contribution in [3.05, 3.63) is 0 Å². The van der Waals surface area contributed by atoms with Gasteiger partial charge in [-0.1, -0.05) is 27.2 Å². The van der Waals surface area contributed by atoms with E-state index in [1.807, 2.05) is 27.8 Å². The van der Waals surface area contributed by atoms with Crippen molar-refractivity contribution in [3.63, 3.8) is 0 Å². The smallest absolute Gasteiger partial charge is 0.410 e. The molecular weight excluding hydrogens is 302 g/mol. The number of amides is 1. The maximum atomic E-state index is 12.3.